The first-order chi connectivity index (χ1) is 11.1. The van der Waals surface area contributed by atoms with Crippen molar-refractivity contribution in [2.24, 2.45) is 0 Å². The third kappa shape index (κ3) is 2.68. The van der Waals surface area contributed by atoms with Gasteiger partial charge < -0.3 is 13.7 Å². The molecule has 7 nitrogen and oxygen atoms in total. The molecule has 2 aromatic rings. The maximum Gasteiger partial charge on any atom is 0.245 e. The van der Waals surface area contributed by atoms with E-state index < -0.39 is 0 Å². The second-order valence-corrected chi connectivity index (χ2v) is 6.53. The maximum atomic E-state index is 6.24. The van der Waals surface area contributed by atoms with Crippen LogP contribution in [0.25, 0.3) is 0 Å². The Hall–Kier alpha value is -1.73. The van der Waals surface area contributed by atoms with Gasteiger partial charge >= 0.3 is 0 Å². The van der Waals surface area contributed by atoms with E-state index in [2.05, 4.69) is 20.3 Å². The van der Waals surface area contributed by atoms with Gasteiger partial charge in [-0.05, 0) is 33.1 Å². The summed E-state index contributed by atoms with van der Waals surface area (Å²) in [6.07, 6.45) is 3.22. The highest BCUT2D eigenvalue weighted by Gasteiger charge is 2.41. The molecule has 2 saturated heterocycles. The van der Waals surface area contributed by atoms with E-state index in [1.165, 1.54) is 5.56 Å². The molecule has 2 aliphatic heterocycles. The monoisotopic (exact) mass is 318 g/mol. The normalized spacial score (nSPS) is 28.2. The van der Waals surface area contributed by atoms with Crippen molar-refractivity contribution in [3.05, 3.63) is 28.8 Å². The second-order valence-electron chi connectivity index (χ2n) is 6.53. The summed E-state index contributed by atoms with van der Waals surface area (Å²) in [4.78, 5) is 2.49. The van der Waals surface area contributed by atoms with Crippen LogP contribution in [0, 0.1) is 20.8 Å². The van der Waals surface area contributed by atoms with Gasteiger partial charge in [-0.2, -0.15) is 0 Å². The van der Waals surface area contributed by atoms with Crippen molar-refractivity contribution in [1.29, 1.82) is 0 Å². The van der Waals surface area contributed by atoms with Crippen LogP contribution in [-0.4, -0.2) is 38.9 Å². The lowest BCUT2D eigenvalue weighted by Crippen LogP contribution is -2.40. The topological polar surface area (TPSA) is 77.4 Å². The molecule has 2 fully saturated rings. The smallest absolute Gasteiger partial charge is 0.245 e. The molecule has 7 heteroatoms. The minimum Gasteiger partial charge on any atom is -0.423 e. The lowest BCUT2D eigenvalue weighted by molar-refractivity contribution is -0.0818. The Bertz CT molecular complexity index is 676. The molecule has 0 N–H and O–H groups in total. The van der Waals surface area contributed by atoms with Crippen LogP contribution >= 0.6 is 0 Å². The Kier molecular flexibility index (Phi) is 3.69. The fourth-order valence-electron chi connectivity index (χ4n) is 3.77. The van der Waals surface area contributed by atoms with Gasteiger partial charge in [-0.1, -0.05) is 5.16 Å². The van der Waals surface area contributed by atoms with Crippen LogP contribution in [0.2, 0.25) is 0 Å². The van der Waals surface area contributed by atoms with E-state index in [4.69, 9.17) is 13.7 Å². The van der Waals surface area contributed by atoms with Crippen LogP contribution in [-0.2, 0) is 11.3 Å². The number of aryl methyl sites for hydroxylation is 3. The third-order valence-electron chi connectivity index (χ3n) is 5.02. The van der Waals surface area contributed by atoms with Gasteiger partial charge in [-0.25, -0.2) is 0 Å². The summed E-state index contributed by atoms with van der Waals surface area (Å²) in [5, 5.41) is 12.1. The van der Waals surface area contributed by atoms with Crippen LogP contribution in [0.5, 0.6) is 0 Å². The summed E-state index contributed by atoms with van der Waals surface area (Å²) in [5.41, 5.74) is 2.20. The van der Waals surface area contributed by atoms with Gasteiger partial charge in [0.1, 0.15) is 11.9 Å². The molecule has 0 radical (unpaired) electrons. The number of aromatic nitrogens is 3. The molecule has 0 amide bonds. The van der Waals surface area contributed by atoms with Gasteiger partial charge in [-0.3, -0.25) is 4.90 Å². The summed E-state index contributed by atoms with van der Waals surface area (Å²) < 4.78 is 17.1. The molecule has 4 heterocycles. The highest BCUT2D eigenvalue weighted by atomic mass is 16.5. The first-order valence-electron chi connectivity index (χ1n) is 8.23. The van der Waals surface area contributed by atoms with Gasteiger partial charge in [0.25, 0.3) is 0 Å². The molecule has 0 bridgehead atoms. The summed E-state index contributed by atoms with van der Waals surface area (Å²) in [5.74, 6) is 2.13. The molecule has 0 aliphatic carbocycles. The fraction of sp³-hybridized carbons (Fsp3) is 0.688. The molecule has 124 valence electrons. The first kappa shape index (κ1) is 14.8. The fourth-order valence-corrected chi connectivity index (χ4v) is 3.77. The predicted octanol–water partition coefficient (Wildman–Crippen LogP) is 2.48. The van der Waals surface area contributed by atoms with Crippen LogP contribution < -0.4 is 0 Å². The van der Waals surface area contributed by atoms with Crippen molar-refractivity contribution in [1.82, 2.24) is 20.3 Å². The van der Waals surface area contributed by atoms with Crippen molar-refractivity contribution in [2.45, 2.75) is 64.8 Å². The quantitative estimate of drug-likeness (QED) is 0.860. The molecular formula is C16H22N4O3. The zero-order valence-corrected chi connectivity index (χ0v) is 13.8. The predicted molar refractivity (Wildman–Crippen MR) is 80.7 cm³/mol. The maximum absolute atomic E-state index is 6.24. The largest absolute Gasteiger partial charge is 0.423 e. The Morgan fingerprint density at radius 2 is 2.00 bits per heavy atom. The van der Waals surface area contributed by atoms with Crippen molar-refractivity contribution in [2.75, 3.05) is 6.54 Å². The minimum absolute atomic E-state index is 0.0588. The van der Waals surface area contributed by atoms with E-state index in [1.54, 1.807) is 0 Å². The van der Waals surface area contributed by atoms with Crippen molar-refractivity contribution < 1.29 is 13.7 Å². The number of nitrogens with zero attached hydrogens (tertiary/aromatic N) is 4. The highest BCUT2D eigenvalue weighted by molar-refractivity contribution is 5.21. The van der Waals surface area contributed by atoms with Crippen molar-refractivity contribution in [3.63, 3.8) is 0 Å². The molecule has 4 rings (SSSR count). The lowest BCUT2D eigenvalue weighted by atomic mass is 9.98. The van der Waals surface area contributed by atoms with Crippen LogP contribution in [0.3, 0.4) is 0 Å². The van der Waals surface area contributed by atoms with Gasteiger partial charge in [0.15, 0.2) is 0 Å². The highest BCUT2D eigenvalue weighted by Crippen LogP contribution is 2.38. The summed E-state index contributed by atoms with van der Waals surface area (Å²) in [6, 6.07) is 0.448. The van der Waals surface area contributed by atoms with Gasteiger partial charge in [0, 0.05) is 31.6 Å². The molecule has 2 aliphatic rings. The summed E-state index contributed by atoms with van der Waals surface area (Å²) in [7, 11) is 0. The summed E-state index contributed by atoms with van der Waals surface area (Å²) >= 11 is 0. The van der Waals surface area contributed by atoms with Crippen LogP contribution in [0.1, 0.15) is 54.2 Å². The molecule has 0 spiro atoms. The second kappa shape index (κ2) is 5.72. The zero-order chi connectivity index (χ0) is 16.0. The Morgan fingerprint density at radius 1 is 1.13 bits per heavy atom. The van der Waals surface area contributed by atoms with E-state index in [1.807, 2.05) is 20.8 Å². The third-order valence-corrected chi connectivity index (χ3v) is 5.02. The number of hydrogen-bond acceptors (Lipinski definition) is 7. The van der Waals surface area contributed by atoms with Crippen molar-refractivity contribution in [3.8, 4) is 0 Å². The number of fused-ring (bicyclic) bond motifs is 1. The van der Waals surface area contributed by atoms with E-state index in [9.17, 15) is 0 Å². The van der Waals surface area contributed by atoms with Gasteiger partial charge in [0.05, 0.1) is 11.8 Å². The first-order valence-corrected chi connectivity index (χ1v) is 8.23. The van der Waals surface area contributed by atoms with Crippen molar-refractivity contribution >= 4 is 0 Å². The molecule has 23 heavy (non-hydrogen) atoms. The van der Waals surface area contributed by atoms with Crippen LogP contribution in [0.4, 0.5) is 0 Å². The van der Waals surface area contributed by atoms with E-state index in [-0.39, 0.29) is 12.2 Å². The standard InChI is InChI=1S/C16H22N4O3/c1-9-12(10(2)23-19-9)8-20-7-6-14-13(20)4-5-15(22-14)16-18-17-11(3)21-16/h13-15H,4-8H2,1-3H3/t13-,14-,15-/m0/s1. The number of likely N-dealkylation sites (tertiary alicyclic amines) is 1. The SMILES string of the molecule is Cc1nnc([C@@H]2CC[C@H]3[C@H](CCN3Cc3c(C)noc3C)O2)o1. The molecule has 0 saturated carbocycles. The zero-order valence-electron chi connectivity index (χ0n) is 13.8. The lowest BCUT2D eigenvalue weighted by Gasteiger charge is -2.34. The van der Waals surface area contributed by atoms with E-state index >= 15 is 0 Å². The average Bonchev–Trinajstić information content (AvgIpc) is 3.23. The van der Waals surface area contributed by atoms with Crippen LogP contribution in [0.15, 0.2) is 8.94 Å². The Labute approximate surface area is 135 Å². The average molecular weight is 318 g/mol. The summed E-state index contributed by atoms with van der Waals surface area (Å²) in [6.45, 7) is 7.72. The molecule has 0 aromatic carbocycles. The molecular weight excluding hydrogens is 296 g/mol. The van der Waals surface area contributed by atoms with Gasteiger partial charge in [0.2, 0.25) is 11.8 Å². The number of ether oxygens (including phenoxy) is 1. The van der Waals surface area contributed by atoms with Gasteiger partial charge in [-0.15, -0.1) is 10.2 Å². The molecule has 3 atom stereocenters. The number of rotatable bonds is 3. The Balaban J connectivity index is 1.44. The van der Waals surface area contributed by atoms with E-state index in [0.717, 1.165) is 43.8 Å². The number of hydrogen-bond donors (Lipinski definition) is 0. The molecule has 0 unspecified atom stereocenters. The Morgan fingerprint density at radius 3 is 2.70 bits per heavy atom. The van der Waals surface area contributed by atoms with E-state index in [0.29, 0.717) is 17.8 Å². The minimum atomic E-state index is -0.0588. The molecule has 2 aromatic heterocycles.